The smallest absolute Gasteiger partial charge is 0.257 e. The van der Waals surface area contributed by atoms with Gasteiger partial charge in [0.05, 0.1) is 5.56 Å². The van der Waals surface area contributed by atoms with E-state index in [0.717, 1.165) is 12.1 Å². The zero-order chi connectivity index (χ0) is 13.3. The summed E-state index contributed by atoms with van der Waals surface area (Å²) in [6, 6.07) is 3.49. The van der Waals surface area contributed by atoms with Crippen molar-refractivity contribution < 1.29 is 13.6 Å². The van der Waals surface area contributed by atoms with Crippen LogP contribution in [0, 0.1) is 11.6 Å². The summed E-state index contributed by atoms with van der Waals surface area (Å²) in [5.74, 6) is -1.83. The number of rotatable bonds is 2. The Bertz CT molecular complexity index is 510. The van der Waals surface area contributed by atoms with Crippen molar-refractivity contribution in [1.29, 1.82) is 0 Å². The van der Waals surface area contributed by atoms with Gasteiger partial charge in [-0.1, -0.05) is 6.07 Å². The van der Waals surface area contributed by atoms with E-state index in [1.54, 1.807) is 6.92 Å². The summed E-state index contributed by atoms with van der Waals surface area (Å²) in [6.07, 6.45) is 0. The first-order valence-corrected chi connectivity index (χ1v) is 5.57. The standard InChI is InChI=1S/C12H13F2N3O/c1-3-15-11-16-10(18)12(2,17-11)9-7(13)5-4-6-8(9)14/h4-6H,3H2,1-2H3,(H2,15,16,17,18). The average Bonchev–Trinajstić information content (AvgIpc) is 2.55. The Labute approximate surface area is 103 Å². The number of carbonyl (C=O) groups excluding carboxylic acids is 1. The second-order valence-electron chi connectivity index (χ2n) is 4.12. The van der Waals surface area contributed by atoms with Gasteiger partial charge in [-0.2, -0.15) is 0 Å². The molecule has 6 heteroatoms. The van der Waals surface area contributed by atoms with E-state index in [2.05, 4.69) is 15.6 Å². The summed E-state index contributed by atoms with van der Waals surface area (Å²) in [5.41, 5.74) is -1.78. The molecule has 2 N–H and O–H groups in total. The van der Waals surface area contributed by atoms with Gasteiger partial charge in [-0.05, 0) is 26.0 Å². The van der Waals surface area contributed by atoms with E-state index < -0.39 is 23.1 Å². The zero-order valence-corrected chi connectivity index (χ0v) is 10.1. The molecule has 1 aromatic rings. The molecule has 1 unspecified atom stereocenters. The van der Waals surface area contributed by atoms with Crippen LogP contribution in [0.5, 0.6) is 0 Å². The van der Waals surface area contributed by atoms with Crippen molar-refractivity contribution in [2.24, 2.45) is 4.99 Å². The minimum Gasteiger partial charge on any atom is -0.338 e. The van der Waals surface area contributed by atoms with Gasteiger partial charge in [0, 0.05) is 6.54 Å². The van der Waals surface area contributed by atoms with Crippen LogP contribution in [0.1, 0.15) is 19.4 Å². The van der Waals surface area contributed by atoms with Crippen molar-refractivity contribution in [2.75, 3.05) is 6.54 Å². The second kappa shape index (κ2) is 4.36. The number of hydrogen-bond donors (Lipinski definition) is 2. The third-order valence-electron chi connectivity index (χ3n) is 2.83. The molecule has 96 valence electrons. The van der Waals surface area contributed by atoms with Gasteiger partial charge in [-0.3, -0.25) is 15.1 Å². The summed E-state index contributed by atoms with van der Waals surface area (Å²) >= 11 is 0. The Morgan fingerprint density at radius 2 is 1.94 bits per heavy atom. The lowest BCUT2D eigenvalue weighted by Crippen LogP contribution is -2.42. The lowest BCUT2D eigenvalue weighted by atomic mass is 9.91. The van der Waals surface area contributed by atoms with Crippen LogP contribution in [-0.2, 0) is 10.3 Å². The van der Waals surface area contributed by atoms with Crippen molar-refractivity contribution in [2.45, 2.75) is 19.4 Å². The number of hydrogen-bond acceptors (Lipinski definition) is 2. The molecular formula is C12H13F2N3O. The Morgan fingerprint density at radius 1 is 1.33 bits per heavy atom. The van der Waals surface area contributed by atoms with Gasteiger partial charge in [0.2, 0.25) is 0 Å². The Hall–Kier alpha value is -1.98. The van der Waals surface area contributed by atoms with E-state index in [-0.39, 0.29) is 11.5 Å². The topological polar surface area (TPSA) is 53.5 Å². The molecule has 1 fully saturated rings. The third-order valence-corrected chi connectivity index (χ3v) is 2.83. The van der Waals surface area contributed by atoms with E-state index in [0.29, 0.717) is 6.54 Å². The fraction of sp³-hybridized carbons (Fsp3) is 0.333. The summed E-state index contributed by atoms with van der Waals surface area (Å²) in [5, 5.41) is 5.19. The molecule has 0 saturated carbocycles. The fourth-order valence-corrected chi connectivity index (χ4v) is 1.95. The van der Waals surface area contributed by atoms with Crippen molar-refractivity contribution in [3.05, 3.63) is 35.4 Å². The van der Waals surface area contributed by atoms with E-state index >= 15 is 0 Å². The van der Waals surface area contributed by atoms with Gasteiger partial charge in [0.1, 0.15) is 17.2 Å². The maximum absolute atomic E-state index is 13.7. The van der Waals surface area contributed by atoms with Crippen LogP contribution in [-0.4, -0.2) is 18.4 Å². The zero-order valence-electron chi connectivity index (χ0n) is 10.1. The number of aliphatic imine (C=N–C) groups is 1. The minimum atomic E-state index is -1.48. The molecule has 0 bridgehead atoms. The van der Waals surface area contributed by atoms with E-state index in [4.69, 9.17) is 0 Å². The number of nitrogens with one attached hydrogen (secondary N) is 2. The number of amides is 1. The van der Waals surface area contributed by atoms with Gasteiger partial charge in [-0.15, -0.1) is 0 Å². The van der Waals surface area contributed by atoms with Crippen LogP contribution >= 0.6 is 0 Å². The fourth-order valence-electron chi connectivity index (χ4n) is 1.95. The molecule has 0 aliphatic carbocycles. The minimum absolute atomic E-state index is 0.229. The molecule has 1 aromatic carbocycles. The predicted octanol–water partition coefficient (Wildman–Crippen LogP) is 1.28. The number of halogens is 2. The Balaban J connectivity index is 2.50. The van der Waals surface area contributed by atoms with Crippen molar-refractivity contribution in [1.82, 2.24) is 10.6 Å². The highest BCUT2D eigenvalue weighted by molar-refractivity contribution is 6.09. The highest BCUT2D eigenvalue weighted by Gasteiger charge is 2.45. The number of nitrogens with zero attached hydrogens (tertiary/aromatic N) is 1. The van der Waals surface area contributed by atoms with Crippen molar-refractivity contribution >= 4 is 11.9 Å². The lowest BCUT2D eigenvalue weighted by Gasteiger charge is -2.22. The first-order valence-electron chi connectivity index (χ1n) is 5.57. The van der Waals surface area contributed by atoms with Gasteiger partial charge in [-0.25, -0.2) is 8.78 Å². The molecule has 2 rings (SSSR count). The Morgan fingerprint density at radius 3 is 2.50 bits per heavy atom. The van der Waals surface area contributed by atoms with Crippen LogP contribution in [0.25, 0.3) is 0 Å². The van der Waals surface area contributed by atoms with Crippen LogP contribution in [0.4, 0.5) is 8.78 Å². The van der Waals surface area contributed by atoms with Gasteiger partial charge in [0.25, 0.3) is 5.91 Å². The molecule has 1 aliphatic rings. The van der Waals surface area contributed by atoms with Gasteiger partial charge >= 0.3 is 0 Å². The predicted molar refractivity (Wildman–Crippen MR) is 63.0 cm³/mol. The molecule has 1 saturated heterocycles. The summed E-state index contributed by atoms with van der Waals surface area (Å²) in [6.45, 7) is 3.67. The second-order valence-corrected chi connectivity index (χ2v) is 4.12. The highest BCUT2D eigenvalue weighted by Crippen LogP contribution is 2.28. The highest BCUT2D eigenvalue weighted by atomic mass is 19.1. The molecule has 0 aromatic heterocycles. The van der Waals surface area contributed by atoms with Crippen molar-refractivity contribution in [3.63, 3.8) is 0 Å². The van der Waals surface area contributed by atoms with E-state index in [9.17, 15) is 13.6 Å². The maximum Gasteiger partial charge on any atom is 0.257 e. The van der Waals surface area contributed by atoms with E-state index in [1.165, 1.54) is 13.0 Å². The van der Waals surface area contributed by atoms with Crippen LogP contribution in [0.15, 0.2) is 23.2 Å². The first kappa shape index (κ1) is 12.5. The van der Waals surface area contributed by atoms with Gasteiger partial charge < -0.3 is 5.32 Å². The molecule has 0 spiro atoms. The van der Waals surface area contributed by atoms with Crippen LogP contribution in [0.2, 0.25) is 0 Å². The monoisotopic (exact) mass is 253 g/mol. The number of guanidine groups is 1. The van der Waals surface area contributed by atoms with E-state index in [1.807, 2.05) is 0 Å². The maximum atomic E-state index is 13.7. The lowest BCUT2D eigenvalue weighted by molar-refractivity contribution is -0.123. The molecule has 4 nitrogen and oxygen atoms in total. The average molecular weight is 253 g/mol. The first-order chi connectivity index (χ1) is 8.49. The van der Waals surface area contributed by atoms with Gasteiger partial charge in [0.15, 0.2) is 5.96 Å². The van der Waals surface area contributed by atoms with Crippen LogP contribution in [0.3, 0.4) is 0 Å². The summed E-state index contributed by atoms with van der Waals surface area (Å²) in [7, 11) is 0. The number of benzene rings is 1. The molecule has 1 heterocycles. The molecular weight excluding hydrogens is 240 g/mol. The number of carbonyl (C=O) groups is 1. The largest absolute Gasteiger partial charge is 0.338 e. The van der Waals surface area contributed by atoms with Crippen LogP contribution < -0.4 is 10.6 Å². The normalized spacial score (nSPS) is 25.1. The van der Waals surface area contributed by atoms with Crippen molar-refractivity contribution in [3.8, 4) is 0 Å². The molecule has 0 radical (unpaired) electrons. The quantitative estimate of drug-likeness (QED) is 0.834. The Kier molecular flexibility index (Phi) is 3.02. The molecule has 1 aliphatic heterocycles. The summed E-state index contributed by atoms with van der Waals surface area (Å²) < 4.78 is 27.5. The summed E-state index contributed by atoms with van der Waals surface area (Å²) in [4.78, 5) is 15.9. The molecule has 1 atom stereocenters. The molecule has 18 heavy (non-hydrogen) atoms. The molecule has 1 amide bonds. The SMILES string of the molecule is CCN=C1NC(=O)C(C)(c2c(F)cccc2F)N1. The third kappa shape index (κ3) is 1.83.